The first-order valence-electron chi connectivity index (χ1n) is 2.16. The van der Waals surface area contributed by atoms with Crippen LogP contribution in [0.15, 0.2) is 12.7 Å². The second-order valence-corrected chi connectivity index (χ2v) is 1.98. The summed E-state index contributed by atoms with van der Waals surface area (Å²) in [5.41, 5.74) is 0. The van der Waals surface area contributed by atoms with Gasteiger partial charge in [0.1, 0.15) is 0 Å². The quantitative estimate of drug-likeness (QED) is 0.493. The third kappa shape index (κ3) is 4.02. The number of hydrogen-bond donors (Lipinski definition) is 1. The molecular weight excluding hydrogens is 156 g/mol. The van der Waals surface area contributed by atoms with Crippen molar-refractivity contribution in [2.75, 3.05) is 5.33 Å². The zero-order valence-electron chi connectivity index (χ0n) is 4.10. The highest BCUT2D eigenvalue weighted by Crippen LogP contribution is 1.94. The van der Waals surface area contributed by atoms with Crippen LogP contribution in [0, 0.1) is 0 Å². The smallest absolute Gasteiger partial charge is 0.0671 e. The van der Waals surface area contributed by atoms with E-state index >= 15 is 0 Å². The highest BCUT2D eigenvalue weighted by molar-refractivity contribution is 9.09. The Hall–Kier alpha value is 0.180. The maximum atomic E-state index is 8.74. The third-order valence-corrected chi connectivity index (χ3v) is 1.36. The maximum Gasteiger partial charge on any atom is 0.0671 e. The fourth-order valence-electron chi connectivity index (χ4n) is 0.255. The van der Waals surface area contributed by atoms with Crippen LogP contribution in [0.1, 0.15) is 6.42 Å². The molecule has 1 unspecified atom stereocenters. The summed E-state index contributed by atoms with van der Waals surface area (Å²) < 4.78 is 0. The highest BCUT2D eigenvalue weighted by atomic mass is 79.9. The van der Waals surface area contributed by atoms with Gasteiger partial charge < -0.3 is 5.11 Å². The van der Waals surface area contributed by atoms with Gasteiger partial charge in [-0.05, 0) is 6.42 Å². The summed E-state index contributed by atoms with van der Waals surface area (Å²) in [6.07, 6.45) is 2.12. The van der Waals surface area contributed by atoms with Gasteiger partial charge in [-0.3, -0.25) is 0 Å². The lowest BCUT2D eigenvalue weighted by molar-refractivity contribution is 0.204. The van der Waals surface area contributed by atoms with E-state index in [1.165, 1.54) is 0 Å². The Kier molecular flexibility index (Phi) is 4.45. The molecule has 0 heterocycles. The third-order valence-electron chi connectivity index (χ3n) is 0.617. The summed E-state index contributed by atoms with van der Waals surface area (Å²) in [4.78, 5) is 0. The van der Waals surface area contributed by atoms with E-state index < -0.39 is 0 Å². The lowest BCUT2D eigenvalue weighted by Crippen LogP contribution is -2.04. The summed E-state index contributed by atoms with van der Waals surface area (Å²) in [5.74, 6) is 0. The number of aliphatic hydroxyl groups is 1. The molecule has 0 fully saturated rings. The molecule has 0 aromatic rings. The van der Waals surface area contributed by atoms with E-state index in [2.05, 4.69) is 22.5 Å². The molecule has 0 bridgehead atoms. The average molecular weight is 165 g/mol. The molecule has 0 radical (unpaired) electrons. The lowest BCUT2D eigenvalue weighted by atomic mass is 10.3. The largest absolute Gasteiger partial charge is 0.392 e. The van der Waals surface area contributed by atoms with E-state index in [-0.39, 0.29) is 6.10 Å². The SMILES string of the molecule is C=CCC(O)CBr. The van der Waals surface area contributed by atoms with Crippen molar-refractivity contribution < 1.29 is 5.11 Å². The van der Waals surface area contributed by atoms with Crippen molar-refractivity contribution in [2.24, 2.45) is 0 Å². The van der Waals surface area contributed by atoms with E-state index in [4.69, 9.17) is 5.11 Å². The molecule has 0 aliphatic heterocycles. The van der Waals surface area contributed by atoms with Crippen molar-refractivity contribution in [3.05, 3.63) is 12.7 Å². The van der Waals surface area contributed by atoms with Crippen molar-refractivity contribution in [3.63, 3.8) is 0 Å². The summed E-state index contributed by atoms with van der Waals surface area (Å²) in [7, 11) is 0. The number of rotatable bonds is 3. The Morgan fingerprint density at radius 3 is 2.57 bits per heavy atom. The van der Waals surface area contributed by atoms with E-state index in [0.29, 0.717) is 11.8 Å². The van der Waals surface area contributed by atoms with Crippen LogP contribution in [0.5, 0.6) is 0 Å². The van der Waals surface area contributed by atoms with Crippen LogP contribution in [0.2, 0.25) is 0 Å². The van der Waals surface area contributed by atoms with Crippen molar-refractivity contribution in [2.45, 2.75) is 12.5 Å². The van der Waals surface area contributed by atoms with Crippen LogP contribution in [0.25, 0.3) is 0 Å². The topological polar surface area (TPSA) is 20.2 Å². The molecule has 0 aliphatic carbocycles. The van der Waals surface area contributed by atoms with Crippen LogP contribution in [-0.4, -0.2) is 16.5 Å². The molecule has 2 heteroatoms. The van der Waals surface area contributed by atoms with Crippen molar-refractivity contribution >= 4 is 15.9 Å². The van der Waals surface area contributed by atoms with E-state index in [0.717, 1.165) is 0 Å². The van der Waals surface area contributed by atoms with Crippen molar-refractivity contribution in [3.8, 4) is 0 Å². The maximum absolute atomic E-state index is 8.74. The zero-order valence-corrected chi connectivity index (χ0v) is 5.69. The van der Waals surface area contributed by atoms with Gasteiger partial charge in [-0.1, -0.05) is 22.0 Å². The van der Waals surface area contributed by atoms with Gasteiger partial charge in [-0.2, -0.15) is 0 Å². The van der Waals surface area contributed by atoms with Gasteiger partial charge in [0.2, 0.25) is 0 Å². The predicted molar refractivity (Wildman–Crippen MR) is 34.6 cm³/mol. The van der Waals surface area contributed by atoms with Crippen molar-refractivity contribution in [1.29, 1.82) is 0 Å². The van der Waals surface area contributed by atoms with Crippen LogP contribution < -0.4 is 0 Å². The van der Waals surface area contributed by atoms with Crippen LogP contribution in [-0.2, 0) is 0 Å². The second-order valence-electron chi connectivity index (χ2n) is 1.33. The van der Waals surface area contributed by atoms with E-state index in [1.54, 1.807) is 6.08 Å². The first-order chi connectivity index (χ1) is 3.31. The number of alkyl halides is 1. The Balaban J connectivity index is 2.98. The number of halogens is 1. The predicted octanol–water partition coefficient (Wildman–Crippen LogP) is 1.32. The fraction of sp³-hybridized carbons (Fsp3) is 0.600. The van der Waals surface area contributed by atoms with Gasteiger partial charge >= 0.3 is 0 Å². The Labute approximate surface area is 52.2 Å². The van der Waals surface area contributed by atoms with Crippen LogP contribution in [0.4, 0.5) is 0 Å². The summed E-state index contributed by atoms with van der Waals surface area (Å²) in [6, 6.07) is 0. The average Bonchev–Trinajstić information content (AvgIpc) is 1.68. The van der Waals surface area contributed by atoms with E-state index in [9.17, 15) is 0 Å². The monoisotopic (exact) mass is 164 g/mol. The van der Waals surface area contributed by atoms with Gasteiger partial charge in [0.25, 0.3) is 0 Å². The zero-order chi connectivity index (χ0) is 5.70. The molecule has 0 aromatic heterocycles. The standard InChI is InChI=1S/C5H9BrO/c1-2-3-5(7)4-6/h2,5,7H,1,3-4H2. The minimum absolute atomic E-state index is 0.252. The molecular formula is C5H9BrO. The molecule has 0 aliphatic rings. The lowest BCUT2D eigenvalue weighted by Gasteiger charge is -1.98. The van der Waals surface area contributed by atoms with Crippen LogP contribution >= 0.6 is 15.9 Å². The van der Waals surface area contributed by atoms with Crippen LogP contribution in [0.3, 0.4) is 0 Å². The molecule has 0 saturated carbocycles. The molecule has 0 aromatic carbocycles. The molecule has 1 atom stereocenters. The molecule has 1 N–H and O–H groups in total. The molecule has 7 heavy (non-hydrogen) atoms. The molecule has 1 nitrogen and oxygen atoms in total. The minimum Gasteiger partial charge on any atom is -0.392 e. The highest BCUT2D eigenvalue weighted by Gasteiger charge is 1.94. The Morgan fingerprint density at radius 2 is 2.43 bits per heavy atom. The molecule has 0 rings (SSSR count). The molecule has 0 spiro atoms. The molecule has 0 amide bonds. The van der Waals surface area contributed by atoms with E-state index in [1.807, 2.05) is 0 Å². The number of hydrogen-bond acceptors (Lipinski definition) is 1. The minimum atomic E-state index is -0.252. The summed E-state index contributed by atoms with van der Waals surface area (Å²) in [6.45, 7) is 3.47. The molecule has 42 valence electrons. The second kappa shape index (κ2) is 4.34. The van der Waals surface area contributed by atoms with Gasteiger partial charge in [0.15, 0.2) is 0 Å². The summed E-state index contributed by atoms with van der Waals surface area (Å²) >= 11 is 3.12. The van der Waals surface area contributed by atoms with Gasteiger partial charge in [-0.15, -0.1) is 6.58 Å². The summed E-state index contributed by atoms with van der Waals surface area (Å²) in [5, 5.41) is 9.38. The van der Waals surface area contributed by atoms with Gasteiger partial charge in [-0.25, -0.2) is 0 Å². The Bertz CT molecular complexity index is 54.0. The normalized spacial score (nSPS) is 13.4. The van der Waals surface area contributed by atoms with Gasteiger partial charge in [0, 0.05) is 5.33 Å². The molecule has 0 saturated heterocycles. The fourth-order valence-corrected chi connectivity index (χ4v) is 0.520. The van der Waals surface area contributed by atoms with Crippen molar-refractivity contribution in [1.82, 2.24) is 0 Å². The Morgan fingerprint density at radius 1 is 1.86 bits per heavy atom. The first-order valence-corrected chi connectivity index (χ1v) is 3.28. The van der Waals surface area contributed by atoms with Gasteiger partial charge in [0.05, 0.1) is 6.10 Å². The number of aliphatic hydroxyl groups excluding tert-OH is 1. The first kappa shape index (κ1) is 7.18.